The number of ether oxygens (including phenoxy) is 1. The number of unbranched alkanes of at least 4 members (excludes halogenated alkanes) is 1. The molecule has 0 bridgehead atoms. The largest absolute Gasteiger partial charge is 0.480 e. The molecule has 6 nitrogen and oxygen atoms in total. The Bertz CT molecular complexity index is 488. The molecule has 0 aliphatic rings. The van der Waals surface area contributed by atoms with Gasteiger partial charge in [-0.25, -0.2) is 4.79 Å². The molecule has 0 fully saturated rings. The minimum atomic E-state index is -1.15. The quantitative estimate of drug-likeness (QED) is 0.520. The second-order valence-corrected chi connectivity index (χ2v) is 4.47. The molecule has 0 aliphatic carbocycles. The van der Waals surface area contributed by atoms with Gasteiger partial charge in [0.1, 0.15) is 11.3 Å². The topological polar surface area (TPSA) is 102 Å². The predicted molar refractivity (Wildman–Crippen MR) is 75.8 cm³/mol. The fraction of sp³-hybridized carbons (Fsp3) is 0.429. The molecule has 0 radical (unpaired) electrons. The van der Waals surface area contributed by atoms with Crippen LogP contribution in [0.2, 0.25) is 0 Å². The maximum absolute atomic E-state index is 11.8. The molecule has 0 saturated heterocycles. The normalized spacial score (nSPS) is 11.7. The molecule has 110 valence electrons. The van der Waals surface area contributed by atoms with E-state index < -0.39 is 12.1 Å². The molecule has 1 rings (SSSR count). The highest BCUT2D eigenvalue weighted by Crippen LogP contribution is 2.22. The summed E-state index contributed by atoms with van der Waals surface area (Å²) in [7, 11) is 0. The monoisotopic (exact) mass is 280 g/mol. The van der Waals surface area contributed by atoms with Crippen LogP contribution < -0.4 is 15.8 Å². The highest BCUT2D eigenvalue weighted by molar-refractivity contribution is 5.92. The average molecular weight is 280 g/mol. The number of hydrogen-bond acceptors (Lipinski definition) is 4. The molecule has 1 aromatic rings. The van der Waals surface area contributed by atoms with Crippen LogP contribution in [0.4, 0.5) is 5.69 Å². The number of aromatic carboxylic acids is 1. The predicted octanol–water partition coefficient (Wildman–Crippen LogP) is 1.65. The first kappa shape index (κ1) is 15.8. The van der Waals surface area contributed by atoms with E-state index in [0.29, 0.717) is 12.2 Å². The molecule has 0 heterocycles. The number of nitrogens with two attached hydrogens (primary N) is 1. The molecule has 4 N–H and O–H groups in total. The number of amides is 1. The van der Waals surface area contributed by atoms with Crippen molar-refractivity contribution in [1.82, 2.24) is 5.32 Å². The van der Waals surface area contributed by atoms with Crippen molar-refractivity contribution >= 4 is 17.6 Å². The van der Waals surface area contributed by atoms with E-state index >= 15 is 0 Å². The Morgan fingerprint density at radius 2 is 2.15 bits per heavy atom. The second-order valence-electron chi connectivity index (χ2n) is 4.47. The first-order chi connectivity index (χ1) is 9.45. The number of carboxylic acids is 1. The van der Waals surface area contributed by atoms with Crippen molar-refractivity contribution in [2.24, 2.45) is 0 Å². The fourth-order valence-corrected chi connectivity index (χ4v) is 1.59. The van der Waals surface area contributed by atoms with Crippen molar-refractivity contribution in [2.45, 2.75) is 32.8 Å². The molecule has 1 atom stereocenters. The lowest BCUT2D eigenvalue weighted by atomic mass is 10.2. The van der Waals surface area contributed by atoms with Gasteiger partial charge in [0.2, 0.25) is 0 Å². The molecule has 0 saturated carbocycles. The standard InChI is InChI=1S/C14H20N2O4/c1-3-4-7-16-13(17)9(2)20-12-6-5-10(15)8-11(12)14(18)19/h5-6,8-9H,3-4,7,15H2,1-2H3,(H,16,17)(H,18,19). The molecular formula is C14H20N2O4. The van der Waals surface area contributed by atoms with E-state index in [9.17, 15) is 9.59 Å². The fourth-order valence-electron chi connectivity index (χ4n) is 1.59. The smallest absolute Gasteiger partial charge is 0.339 e. The minimum Gasteiger partial charge on any atom is -0.480 e. The van der Waals surface area contributed by atoms with Gasteiger partial charge >= 0.3 is 5.97 Å². The van der Waals surface area contributed by atoms with Crippen molar-refractivity contribution in [3.8, 4) is 5.75 Å². The van der Waals surface area contributed by atoms with Crippen molar-refractivity contribution in [3.63, 3.8) is 0 Å². The van der Waals surface area contributed by atoms with Gasteiger partial charge in [0.15, 0.2) is 6.10 Å². The van der Waals surface area contributed by atoms with Gasteiger partial charge in [0.05, 0.1) is 0 Å². The number of carboxylic acid groups (broad SMARTS) is 1. The molecule has 1 unspecified atom stereocenters. The first-order valence-corrected chi connectivity index (χ1v) is 6.53. The molecule has 6 heteroatoms. The average Bonchev–Trinajstić information content (AvgIpc) is 2.40. The molecular weight excluding hydrogens is 260 g/mol. The van der Waals surface area contributed by atoms with Crippen LogP contribution in [0, 0.1) is 0 Å². The Morgan fingerprint density at radius 1 is 1.45 bits per heavy atom. The van der Waals surface area contributed by atoms with Crippen molar-refractivity contribution in [1.29, 1.82) is 0 Å². The zero-order chi connectivity index (χ0) is 15.1. The van der Waals surface area contributed by atoms with Crippen LogP contribution in [0.25, 0.3) is 0 Å². The number of benzene rings is 1. The summed E-state index contributed by atoms with van der Waals surface area (Å²) < 4.78 is 5.41. The van der Waals surface area contributed by atoms with E-state index in [1.54, 1.807) is 6.92 Å². The van der Waals surface area contributed by atoms with Crippen molar-refractivity contribution < 1.29 is 19.4 Å². The summed E-state index contributed by atoms with van der Waals surface area (Å²) in [6, 6.07) is 4.29. The van der Waals surface area contributed by atoms with Crippen molar-refractivity contribution in [2.75, 3.05) is 12.3 Å². The summed E-state index contributed by atoms with van der Waals surface area (Å²) in [5.41, 5.74) is 5.81. The molecule has 20 heavy (non-hydrogen) atoms. The van der Waals surface area contributed by atoms with Crippen LogP contribution in [0.3, 0.4) is 0 Å². The Labute approximate surface area is 117 Å². The summed E-state index contributed by atoms with van der Waals surface area (Å²) in [6.07, 6.45) is 1.10. The van der Waals surface area contributed by atoms with Crippen LogP contribution in [0.1, 0.15) is 37.0 Å². The summed E-state index contributed by atoms with van der Waals surface area (Å²) in [5, 5.41) is 11.8. The lowest BCUT2D eigenvalue weighted by molar-refractivity contribution is -0.127. The van der Waals surface area contributed by atoms with Gasteiger partial charge in [-0.15, -0.1) is 0 Å². The van der Waals surface area contributed by atoms with E-state index in [2.05, 4.69) is 5.32 Å². The van der Waals surface area contributed by atoms with E-state index in [1.807, 2.05) is 6.92 Å². The van der Waals surface area contributed by atoms with Crippen LogP contribution in [-0.4, -0.2) is 29.6 Å². The molecule has 0 spiro atoms. The number of carbonyl (C=O) groups excluding carboxylic acids is 1. The number of anilines is 1. The molecule has 1 aromatic carbocycles. The number of nitrogens with one attached hydrogen (secondary N) is 1. The van der Waals surface area contributed by atoms with Crippen LogP contribution in [0.5, 0.6) is 5.75 Å². The Kier molecular flexibility index (Phi) is 5.83. The third-order valence-electron chi connectivity index (χ3n) is 2.74. The lowest BCUT2D eigenvalue weighted by Gasteiger charge is -2.16. The van der Waals surface area contributed by atoms with Crippen LogP contribution in [-0.2, 0) is 4.79 Å². The first-order valence-electron chi connectivity index (χ1n) is 6.53. The summed E-state index contributed by atoms with van der Waals surface area (Å²) in [4.78, 5) is 22.9. The zero-order valence-electron chi connectivity index (χ0n) is 11.7. The van der Waals surface area contributed by atoms with E-state index in [1.165, 1.54) is 18.2 Å². The maximum atomic E-state index is 11.8. The number of carbonyl (C=O) groups is 2. The highest BCUT2D eigenvalue weighted by Gasteiger charge is 2.18. The van der Waals surface area contributed by atoms with E-state index in [-0.39, 0.29) is 17.2 Å². The number of nitrogen functional groups attached to an aromatic ring is 1. The highest BCUT2D eigenvalue weighted by atomic mass is 16.5. The van der Waals surface area contributed by atoms with Gasteiger partial charge in [-0.05, 0) is 31.5 Å². The third kappa shape index (κ3) is 4.46. The zero-order valence-corrected chi connectivity index (χ0v) is 11.7. The van der Waals surface area contributed by atoms with Gasteiger partial charge in [-0.2, -0.15) is 0 Å². The second kappa shape index (κ2) is 7.37. The van der Waals surface area contributed by atoms with Gasteiger partial charge in [-0.3, -0.25) is 4.79 Å². The molecule has 1 amide bonds. The van der Waals surface area contributed by atoms with Crippen LogP contribution >= 0.6 is 0 Å². The van der Waals surface area contributed by atoms with E-state index in [0.717, 1.165) is 12.8 Å². The third-order valence-corrected chi connectivity index (χ3v) is 2.74. The van der Waals surface area contributed by atoms with E-state index in [4.69, 9.17) is 15.6 Å². The summed E-state index contributed by atoms with van der Waals surface area (Å²) >= 11 is 0. The Balaban J connectivity index is 2.72. The Hall–Kier alpha value is -2.24. The molecule has 0 aromatic heterocycles. The number of hydrogen-bond donors (Lipinski definition) is 3. The summed E-state index contributed by atoms with van der Waals surface area (Å²) in [6.45, 7) is 4.18. The van der Waals surface area contributed by atoms with Crippen LogP contribution in [0.15, 0.2) is 18.2 Å². The van der Waals surface area contributed by atoms with Gasteiger partial charge in [0, 0.05) is 12.2 Å². The van der Waals surface area contributed by atoms with Gasteiger partial charge in [-0.1, -0.05) is 13.3 Å². The summed E-state index contributed by atoms with van der Waals surface area (Å²) in [5.74, 6) is -1.29. The SMILES string of the molecule is CCCCNC(=O)C(C)Oc1ccc(N)cc1C(=O)O. The van der Waals surface area contributed by atoms with Gasteiger partial charge in [0.25, 0.3) is 5.91 Å². The maximum Gasteiger partial charge on any atom is 0.339 e. The lowest BCUT2D eigenvalue weighted by Crippen LogP contribution is -2.37. The minimum absolute atomic E-state index is 0.0572. The Morgan fingerprint density at radius 3 is 2.75 bits per heavy atom. The number of rotatable bonds is 7. The molecule has 0 aliphatic heterocycles. The van der Waals surface area contributed by atoms with Crippen molar-refractivity contribution in [3.05, 3.63) is 23.8 Å². The van der Waals surface area contributed by atoms with Gasteiger partial charge < -0.3 is 20.9 Å².